The quantitative estimate of drug-likeness (QED) is 0.887. The second-order valence-electron chi connectivity index (χ2n) is 4.80. The maximum Gasteiger partial charge on any atom is 0.251 e. The van der Waals surface area contributed by atoms with E-state index in [0.29, 0.717) is 10.6 Å². The van der Waals surface area contributed by atoms with Gasteiger partial charge in [0.1, 0.15) is 0 Å². The monoisotopic (exact) mass is 287 g/mol. The molecule has 0 saturated heterocycles. The molecule has 1 N–H and O–H groups in total. The number of nitrogens with one attached hydrogen (secondary N) is 1. The first-order valence-electron chi connectivity index (χ1n) is 6.75. The third-order valence-electron chi connectivity index (χ3n) is 3.34. The summed E-state index contributed by atoms with van der Waals surface area (Å²) in [4.78, 5) is 12.2. The summed E-state index contributed by atoms with van der Waals surface area (Å²) in [5.74, 6) is -0.0601. The molecule has 0 spiro atoms. The molecular weight excluding hydrogens is 270 g/mol. The lowest BCUT2D eigenvalue weighted by atomic mass is 10.1. The number of benzene rings is 2. The average molecular weight is 288 g/mol. The summed E-state index contributed by atoms with van der Waals surface area (Å²) in [6.07, 6.45) is 0.975. The van der Waals surface area contributed by atoms with Crippen molar-refractivity contribution in [2.75, 3.05) is 0 Å². The van der Waals surface area contributed by atoms with Gasteiger partial charge >= 0.3 is 0 Å². The largest absolute Gasteiger partial charge is 0.346 e. The van der Waals surface area contributed by atoms with Crippen LogP contribution in [-0.4, -0.2) is 5.91 Å². The lowest BCUT2D eigenvalue weighted by Gasteiger charge is -2.14. The van der Waals surface area contributed by atoms with Gasteiger partial charge in [0.25, 0.3) is 5.91 Å². The molecule has 0 radical (unpaired) electrons. The molecule has 2 aromatic rings. The van der Waals surface area contributed by atoms with Crippen LogP contribution in [0.15, 0.2) is 48.5 Å². The Bertz CT molecular complexity index is 575. The molecule has 0 saturated carbocycles. The van der Waals surface area contributed by atoms with Crippen LogP contribution in [0.2, 0.25) is 5.02 Å². The van der Waals surface area contributed by atoms with Crippen molar-refractivity contribution in [2.24, 2.45) is 0 Å². The number of halogens is 1. The van der Waals surface area contributed by atoms with E-state index in [1.165, 1.54) is 5.56 Å². The van der Waals surface area contributed by atoms with Crippen LogP contribution < -0.4 is 5.32 Å². The topological polar surface area (TPSA) is 29.1 Å². The minimum atomic E-state index is -0.0601. The molecule has 0 aliphatic rings. The molecule has 0 heterocycles. The van der Waals surface area contributed by atoms with Crippen LogP contribution in [0.3, 0.4) is 0 Å². The van der Waals surface area contributed by atoms with Gasteiger partial charge in [0.2, 0.25) is 0 Å². The summed E-state index contributed by atoms with van der Waals surface area (Å²) < 4.78 is 0. The van der Waals surface area contributed by atoms with Crippen molar-refractivity contribution in [3.63, 3.8) is 0 Å². The zero-order valence-corrected chi connectivity index (χ0v) is 12.4. The predicted molar refractivity (Wildman–Crippen MR) is 83.2 cm³/mol. The Morgan fingerprint density at radius 3 is 2.25 bits per heavy atom. The minimum absolute atomic E-state index is 0.0504. The van der Waals surface area contributed by atoms with Crippen molar-refractivity contribution in [1.82, 2.24) is 5.32 Å². The van der Waals surface area contributed by atoms with Crippen molar-refractivity contribution in [1.29, 1.82) is 0 Å². The van der Waals surface area contributed by atoms with Crippen molar-refractivity contribution in [2.45, 2.75) is 26.3 Å². The van der Waals surface area contributed by atoms with E-state index in [2.05, 4.69) is 12.2 Å². The smallest absolute Gasteiger partial charge is 0.251 e. The number of carbonyl (C=O) groups excluding carboxylic acids is 1. The summed E-state index contributed by atoms with van der Waals surface area (Å²) in [6, 6.07) is 15.2. The van der Waals surface area contributed by atoms with Crippen LogP contribution in [0.4, 0.5) is 0 Å². The molecule has 2 aromatic carbocycles. The van der Waals surface area contributed by atoms with Gasteiger partial charge in [0.05, 0.1) is 6.04 Å². The predicted octanol–water partition coefficient (Wildman–Crippen LogP) is 4.39. The van der Waals surface area contributed by atoms with Crippen molar-refractivity contribution in [3.05, 3.63) is 70.2 Å². The third kappa shape index (κ3) is 3.61. The van der Waals surface area contributed by atoms with Crippen LogP contribution in [-0.2, 0) is 6.42 Å². The molecule has 0 aliphatic heterocycles. The molecular formula is C17H18ClNO. The van der Waals surface area contributed by atoms with Crippen LogP contribution in [0.25, 0.3) is 0 Å². The molecule has 1 atom stereocenters. The van der Waals surface area contributed by atoms with E-state index in [4.69, 9.17) is 11.6 Å². The third-order valence-corrected chi connectivity index (χ3v) is 3.59. The van der Waals surface area contributed by atoms with E-state index < -0.39 is 0 Å². The average Bonchev–Trinajstić information content (AvgIpc) is 2.48. The first-order valence-corrected chi connectivity index (χ1v) is 7.13. The fourth-order valence-electron chi connectivity index (χ4n) is 2.01. The number of hydrogen-bond acceptors (Lipinski definition) is 1. The molecule has 20 heavy (non-hydrogen) atoms. The molecule has 1 amide bonds. The van der Waals surface area contributed by atoms with Gasteiger partial charge in [0.15, 0.2) is 0 Å². The molecule has 0 fully saturated rings. The Balaban J connectivity index is 2.04. The number of aryl methyl sites for hydroxylation is 1. The van der Waals surface area contributed by atoms with Crippen LogP contribution >= 0.6 is 11.6 Å². The maximum atomic E-state index is 12.2. The molecule has 1 unspecified atom stereocenters. The van der Waals surface area contributed by atoms with Crippen LogP contribution in [0.1, 0.15) is 41.4 Å². The van der Waals surface area contributed by atoms with E-state index in [1.807, 2.05) is 55.5 Å². The fourth-order valence-corrected chi connectivity index (χ4v) is 2.13. The first kappa shape index (κ1) is 14.6. The summed E-state index contributed by atoms with van der Waals surface area (Å²) in [5, 5.41) is 3.68. The molecule has 2 nitrogen and oxygen atoms in total. The Kier molecular flexibility index (Phi) is 4.80. The van der Waals surface area contributed by atoms with E-state index in [1.54, 1.807) is 0 Å². The summed E-state index contributed by atoms with van der Waals surface area (Å²) >= 11 is 5.86. The number of carbonyl (C=O) groups is 1. The molecule has 104 valence electrons. The van der Waals surface area contributed by atoms with Gasteiger partial charge in [-0.2, -0.15) is 0 Å². The van der Waals surface area contributed by atoms with Gasteiger partial charge in [0, 0.05) is 10.6 Å². The highest BCUT2D eigenvalue weighted by Crippen LogP contribution is 2.16. The van der Waals surface area contributed by atoms with Crippen molar-refractivity contribution >= 4 is 17.5 Å². The van der Waals surface area contributed by atoms with Crippen molar-refractivity contribution in [3.8, 4) is 0 Å². The van der Waals surface area contributed by atoms with Gasteiger partial charge in [-0.05, 0) is 48.7 Å². The van der Waals surface area contributed by atoms with E-state index in [9.17, 15) is 4.79 Å². The summed E-state index contributed by atoms with van der Waals surface area (Å²) in [7, 11) is 0. The zero-order valence-electron chi connectivity index (χ0n) is 11.7. The number of amides is 1. The number of rotatable bonds is 4. The standard InChI is InChI=1S/C17H18ClNO/c1-3-13-4-6-15(7-5-13)17(20)19-12(2)14-8-10-16(18)11-9-14/h4-12H,3H2,1-2H3,(H,19,20). The summed E-state index contributed by atoms with van der Waals surface area (Å²) in [6.45, 7) is 4.05. The minimum Gasteiger partial charge on any atom is -0.346 e. The Labute approximate surface area is 124 Å². The van der Waals surface area contributed by atoms with Gasteiger partial charge in [-0.25, -0.2) is 0 Å². The van der Waals surface area contributed by atoms with E-state index in [0.717, 1.165) is 12.0 Å². The normalized spacial score (nSPS) is 11.9. The lowest BCUT2D eigenvalue weighted by Crippen LogP contribution is -2.26. The Hall–Kier alpha value is -1.80. The highest BCUT2D eigenvalue weighted by atomic mass is 35.5. The lowest BCUT2D eigenvalue weighted by molar-refractivity contribution is 0.0940. The first-order chi connectivity index (χ1) is 9.60. The Morgan fingerprint density at radius 2 is 1.70 bits per heavy atom. The Morgan fingerprint density at radius 1 is 1.10 bits per heavy atom. The van der Waals surface area contributed by atoms with Gasteiger partial charge in [-0.3, -0.25) is 4.79 Å². The van der Waals surface area contributed by atoms with Gasteiger partial charge in [-0.1, -0.05) is 42.8 Å². The SMILES string of the molecule is CCc1ccc(C(=O)NC(C)c2ccc(Cl)cc2)cc1. The summed E-state index contributed by atoms with van der Waals surface area (Å²) in [5.41, 5.74) is 2.95. The molecule has 0 aromatic heterocycles. The molecule has 2 rings (SSSR count). The highest BCUT2D eigenvalue weighted by Gasteiger charge is 2.11. The molecule has 0 bridgehead atoms. The molecule has 0 aliphatic carbocycles. The fraction of sp³-hybridized carbons (Fsp3) is 0.235. The van der Waals surface area contributed by atoms with Gasteiger partial charge in [-0.15, -0.1) is 0 Å². The van der Waals surface area contributed by atoms with Crippen molar-refractivity contribution < 1.29 is 4.79 Å². The van der Waals surface area contributed by atoms with Crippen LogP contribution in [0.5, 0.6) is 0 Å². The second kappa shape index (κ2) is 6.58. The maximum absolute atomic E-state index is 12.2. The van der Waals surface area contributed by atoms with E-state index in [-0.39, 0.29) is 11.9 Å². The van der Waals surface area contributed by atoms with Crippen LogP contribution in [0, 0.1) is 0 Å². The second-order valence-corrected chi connectivity index (χ2v) is 5.23. The number of hydrogen-bond donors (Lipinski definition) is 1. The highest BCUT2D eigenvalue weighted by molar-refractivity contribution is 6.30. The molecule has 3 heteroatoms. The van der Waals surface area contributed by atoms with Gasteiger partial charge < -0.3 is 5.32 Å². The van der Waals surface area contributed by atoms with E-state index >= 15 is 0 Å². The zero-order chi connectivity index (χ0) is 14.5.